The molecule has 3 nitrogen and oxygen atoms in total. The van der Waals surface area contributed by atoms with Crippen LogP contribution in [0.3, 0.4) is 0 Å². The Morgan fingerprint density at radius 3 is 2.42 bits per heavy atom. The Balaban J connectivity index is 2.39. The van der Waals surface area contributed by atoms with Gasteiger partial charge in [0.15, 0.2) is 0 Å². The largest absolute Gasteiger partial charge is 0.314 e. The van der Waals surface area contributed by atoms with E-state index >= 15 is 0 Å². The lowest BCUT2D eigenvalue weighted by atomic mass is 10.0. The molecule has 102 valence electrons. The quantitative estimate of drug-likeness (QED) is 0.930. The van der Waals surface area contributed by atoms with Gasteiger partial charge in [0.05, 0.1) is 10.2 Å². The van der Waals surface area contributed by atoms with E-state index in [-0.39, 0.29) is 0 Å². The molecule has 2 aromatic rings. The number of benzene rings is 1. The fraction of sp³-hybridized carbons (Fsp3) is 0.400. The van der Waals surface area contributed by atoms with Crippen LogP contribution in [0.5, 0.6) is 0 Å². The third kappa shape index (κ3) is 2.90. The average Bonchev–Trinajstić information content (AvgIpc) is 2.67. The molecule has 1 aromatic heterocycles. The van der Waals surface area contributed by atoms with E-state index in [4.69, 9.17) is 0 Å². The molecule has 2 rings (SSSR count). The first-order chi connectivity index (χ1) is 9.04. The van der Waals surface area contributed by atoms with E-state index in [0.717, 1.165) is 28.0 Å². The van der Waals surface area contributed by atoms with Gasteiger partial charge in [-0.05, 0) is 34.5 Å². The highest BCUT2D eigenvalue weighted by atomic mass is 79.9. The summed E-state index contributed by atoms with van der Waals surface area (Å²) in [6.07, 6.45) is 0. The van der Waals surface area contributed by atoms with Crippen LogP contribution in [0.25, 0.3) is 11.3 Å². The summed E-state index contributed by atoms with van der Waals surface area (Å²) in [5, 5.41) is 7.77. The maximum Gasteiger partial charge on any atom is 0.107 e. The van der Waals surface area contributed by atoms with E-state index in [9.17, 15) is 0 Å². The molecule has 0 aliphatic rings. The Bertz CT molecular complexity index is 556. The van der Waals surface area contributed by atoms with Crippen LogP contribution in [0.1, 0.15) is 31.0 Å². The number of rotatable bonds is 4. The van der Waals surface area contributed by atoms with Crippen molar-refractivity contribution < 1.29 is 0 Å². The van der Waals surface area contributed by atoms with Crippen LogP contribution < -0.4 is 5.32 Å². The number of aryl methyl sites for hydroxylation is 1. The summed E-state index contributed by atoms with van der Waals surface area (Å²) in [6.45, 7) is 5.21. The minimum Gasteiger partial charge on any atom is -0.314 e. The lowest BCUT2D eigenvalue weighted by molar-refractivity contribution is 0.671. The molecule has 0 bridgehead atoms. The first-order valence-electron chi connectivity index (χ1n) is 6.51. The maximum atomic E-state index is 4.60. The van der Waals surface area contributed by atoms with E-state index in [1.807, 2.05) is 18.8 Å². The maximum absolute atomic E-state index is 4.60. The molecule has 0 amide bonds. The van der Waals surface area contributed by atoms with Crippen molar-refractivity contribution in [3.63, 3.8) is 0 Å². The number of hydrogen-bond donors (Lipinski definition) is 1. The van der Waals surface area contributed by atoms with E-state index < -0.39 is 0 Å². The molecular weight excluding hydrogens is 302 g/mol. The van der Waals surface area contributed by atoms with Gasteiger partial charge in [0.25, 0.3) is 0 Å². The van der Waals surface area contributed by atoms with Crippen LogP contribution in [0.15, 0.2) is 28.7 Å². The number of halogens is 1. The van der Waals surface area contributed by atoms with Crippen molar-refractivity contribution >= 4 is 15.9 Å². The Morgan fingerprint density at radius 2 is 1.89 bits per heavy atom. The number of hydrogen-bond acceptors (Lipinski definition) is 2. The predicted octanol–water partition coefficient (Wildman–Crippen LogP) is 3.69. The molecule has 0 aliphatic heterocycles. The molecule has 19 heavy (non-hydrogen) atoms. The van der Waals surface area contributed by atoms with Gasteiger partial charge >= 0.3 is 0 Å². The molecule has 1 aromatic carbocycles. The summed E-state index contributed by atoms with van der Waals surface area (Å²) in [5.74, 6) is 0.557. The van der Waals surface area contributed by atoms with Gasteiger partial charge in [0.2, 0.25) is 0 Å². The number of nitrogens with one attached hydrogen (secondary N) is 1. The van der Waals surface area contributed by atoms with E-state index in [0.29, 0.717) is 5.92 Å². The number of aromatic nitrogens is 2. The zero-order chi connectivity index (χ0) is 14.0. The van der Waals surface area contributed by atoms with Gasteiger partial charge in [-0.2, -0.15) is 5.10 Å². The van der Waals surface area contributed by atoms with Gasteiger partial charge in [-0.1, -0.05) is 38.1 Å². The number of nitrogens with zero attached hydrogens (tertiary/aromatic N) is 2. The third-order valence-corrected chi connectivity index (χ3v) is 4.13. The van der Waals surface area contributed by atoms with Crippen molar-refractivity contribution in [1.29, 1.82) is 0 Å². The Hall–Kier alpha value is -1.13. The summed E-state index contributed by atoms with van der Waals surface area (Å²) >= 11 is 3.66. The van der Waals surface area contributed by atoms with Crippen LogP contribution in [0, 0.1) is 0 Å². The molecule has 0 radical (unpaired) electrons. The van der Waals surface area contributed by atoms with Gasteiger partial charge < -0.3 is 5.32 Å². The SMILES string of the molecule is CNCc1c(Br)c(-c2ccc(C(C)C)cc2)nn1C. The standard InChI is InChI=1S/C15H20BrN3/c1-10(2)11-5-7-12(8-6-11)15-14(16)13(9-17-3)19(4)18-15/h5-8,10,17H,9H2,1-4H3. The summed E-state index contributed by atoms with van der Waals surface area (Å²) < 4.78 is 2.99. The normalized spacial score (nSPS) is 11.3. The van der Waals surface area contributed by atoms with Crippen molar-refractivity contribution in [2.75, 3.05) is 7.05 Å². The van der Waals surface area contributed by atoms with Crippen LogP contribution in [-0.4, -0.2) is 16.8 Å². The molecular formula is C15H20BrN3. The van der Waals surface area contributed by atoms with Crippen LogP contribution in [0.4, 0.5) is 0 Å². The predicted molar refractivity (Wildman–Crippen MR) is 83.2 cm³/mol. The fourth-order valence-electron chi connectivity index (χ4n) is 2.10. The van der Waals surface area contributed by atoms with Gasteiger partial charge in [0.1, 0.15) is 5.69 Å². The highest BCUT2D eigenvalue weighted by molar-refractivity contribution is 9.10. The van der Waals surface area contributed by atoms with E-state index in [1.165, 1.54) is 5.56 Å². The first-order valence-corrected chi connectivity index (χ1v) is 7.30. The van der Waals surface area contributed by atoms with Gasteiger partial charge in [-0.25, -0.2) is 0 Å². The minimum absolute atomic E-state index is 0.557. The average molecular weight is 322 g/mol. The molecule has 0 fully saturated rings. The fourth-order valence-corrected chi connectivity index (χ4v) is 2.81. The molecule has 1 N–H and O–H groups in total. The zero-order valence-electron chi connectivity index (χ0n) is 11.9. The minimum atomic E-state index is 0.557. The summed E-state index contributed by atoms with van der Waals surface area (Å²) in [7, 11) is 3.92. The molecule has 0 aliphatic carbocycles. The molecule has 0 saturated heterocycles. The second-order valence-corrected chi connectivity index (χ2v) is 5.83. The molecule has 0 atom stereocenters. The second kappa shape index (κ2) is 5.88. The second-order valence-electron chi connectivity index (χ2n) is 5.04. The van der Waals surface area contributed by atoms with Crippen LogP contribution in [-0.2, 0) is 13.6 Å². The summed E-state index contributed by atoms with van der Waals surface area (Å²) in [4.78, 5) is 0. The van der Waals surface area contributed by atoms with E-state index in [2.05, 4.69) is 64.5 Å². The Kier molecular flexibility index (Phi) is 4.42. The highest BCUT2D eigenvalue weighted by Gasteiger charge is 2.14. The molecule has 0 unspecified atom stereocenters. The Labute approximate surface area is 123 Å². The first kappa shape index (κ1) is 14.3. The van der Waals surface area contributed by atoms with Crippen molar-refractivity contribution in [1.82, 2.24) is 15.1 Å². The monoisotopic (exact) mass is 321 g/mol. The van der Waals surface area contributed by atoms with Gasteiger partial charge in [-0.15, -0.1) is 0 Å². The van der Waals surface area contributed by atoms with Gasteiger partial charge in [-0.3, -0.25) is 4.68 Å². The zero-order valence-corrected chi connectivity index (χ0v) is 13.5. The third-order valence-electron chi connectivity index (χ3n) is 3.30. The lowest BCUT2D eigenvalue weighted by Crippen LogP contribution is -2.10. The van der Waals surface area contributed by atoms with Crippen molar-refractivity contribution in [2.24, 2.45) is 7.05 Å². The molecule has 1 heterocycles. The lowest BCUT2D eigenvalue weighted by Gasteiger charge is -2.05. The highest BCUT2D eigenvalue weighted by Crippen LogP contribution is 2.30. The molecule has 0 spiro atoms. The van der Waals surface area contributed by atoms with E-state index in [1.54, 1.807) is 0 Å². The van der Waals surface area contributed by atoms with Crippen molar-refractivity contribution in [2.45, 2.75) is 26.3 Å². The Morgan fingerprint density at radius 1 is 1.26 bits per heavy atom. The topological polar surface area (TPSA) is 29.9 Å². The van der Waals surface area contributed by atoms with Crippen LogP contribution >= 0.6 is 15.9 Å². The van der Waals surface area contributed by atoms with Crippen molar-refractivity contribution in [3.8, 4) is 11.3 Å². The molecule has 0 saturated carbocycles. The smallest absolute Gasteiger partial charge is 0.107 e. The summed E-state index contributed by atoms with van der Waals surface area (Å²) in [6, 6.07) is 8.65. The molecule has 4 heteroatoms. The van der Waals surface area contributed by atoms with Crippen LogP contribution in [0.2, 0.25) is 0 Å². The van der Waals surface area contributed by atoms with Gasteiger partial charge in [0, 0.05) is 19.2 Å². The summed E-state index contributed by atoms with van der Waals surface area (Å²) in [5.41, 5.74) is 4.66. The van der Waals surface area contributed by atoms with Crippen molar-refractivity contribution in [3.05, 3.63) is 40.0 Å².